The Kier molecular flexibility index (Phi) is 3.69. The lowest BCUT2D eigenvalue weighted by Crippen LogP contribution is -2.10. The zero-order valence-corrected chi connectivity index (χ0v) is 8.56. The van der Waals surface area contributed by atoms with Crippen molar-refractivity contribution in [3.05, 3.63) is 41.2 Å². The highest BCUT2D eigenvalue weighted by molar-refractivity contribution is 5.79. The maximum atomic E-state index is 11.2. The highest BCUT2D eigenvalue weighted by Crippen LogP contribution is 2.21. The van der Waals surface area contributed by atoms with Crippen LogP contribution in [0.15, 0.2) is 24.3 Å². The zero-order valence-electron chi connectivity index (χ0n) is 8.56. The number of esters is 1. The number of benzene rings is 1. The lowest BCUT2D eigenvalue weighted by atomic mass is 10.1. The molecule has 78 valence electrons. The van der Waals surface area contributed by atoms with E-state index in [1.807, 2.05) is 0 Å². The third kappa shape index (κ3) is 2.47. The van der Waals surface area contributed by atoms with Crippen molar-refractivity contribution in [1.82, 2.24) is 0 Å². The van der Waals surface area contributed by atoms with E-state index < -0.39 is 12.0 Å². The molecule has 0 saturated heterocycles. The van der Waals surface area contributed by atoms with Crippen molar-refractivity contribution in [2.45, 2.75) is 6.04 Å². The predicted octanol–water partition coefficient (Wildman–Crippen LogP) is 1.83. The summed E-state index contributed by atoms with van der Waals surface area (Å²) >= 11 is 0. The Morgan fingerprint density at radius 1 is 1.33 bits per heavy atom. The third-order valence-electron chi connectivity index (χ3n) is 1.99. The van der Waals surface area contributed by atoms with Gasteiger partial charge in [-0.15, -0.1) is 0 Å². The molecule has 0 aromatic heterocycles. The number of nitrogens with zero attached hydrogens (tertiary/aromatic N) is 1. The highest BCUT2D eigenvalue weighted by Gasteiger charge is 2.26. The normalized spacial score (nSPS) is 11.3. The van der Waals surface area contributed by atoms with Crippen LogP contribution < -0.4 is 4.74 Å². The minimum absolute atomic E-state index is 0.546. The Hall–Kier alpha value is -2.02. The summed E-state index contributed by atoms with van der Waals surface area (Å²) in [5.74, 6) is 0.141. The van der Waals surface area contributed by atoms with Crippen LogP contribution in [0.4, 0.5) is 0 Å². The summed E-state index contributed by atoms with van der Waals surface area (Å²) in [6.45, 7) is 6.92. The third-order valence-corrected chi connectivity index (χ3v) is 1.99. The summed E-state index contributed by atoms with van der Waals surface area (Å²) in [6.07, 6.45) is 0. The average Bonchev–Trinajstić information content (AvgIpc) is 2.30. The molecule has 1 unspecified atom stereocenters. The molecule has 1 aromatic rings. The molecule has 0 saturated carbocycles. The molecule has 0 amide bonds. The van der Waals surface area contributed by atoms with E-state index in [1.54, 1.807) is 31.4 Å². The van der Waals surface area contributed by atoms with Crippen molar-refractivity contribution < 1.29 is 14.3 Å². The molecule has 15 heavy (non-hydrogen) atoms. The van der Waals surface area contributed by atoms with Crippen LogP contribution in [0.5, 0.6) is 5.75 Å². The van der Waals surface area contributed by atoms with E-state index in [-0.39, 0.29) is 0 Å². The Morgan fingerprint density at radius 2 is 1.93 bits per heavy atom. The molecule has 0 N–H and O–H groups in total. The second-order valence-electron chi connectivity index (χ2n) is 2.83. The monoisotopic (exact) mass is 205 g/mol. The molecule has 1 aromatic carbocycles. The van der Waals surface area contributed by atoms with Gasteiger partial charge in [-0.2, -0.15) is 0 Å². The van der Waals surface area contributed by atoms with Gasteiger partial charge in [-0.1, -0.05) is 0 Å². The number of hydrogen-bond donors (Lipinski definition) is 0. The average molecular weight is 205 g/mol. The predicted molar refractivity (Wildman–Crippen MR) is 54.4 cm³/mol. The summed E-state index contributed by atoms with van der Waals surface area (Å²) in [5, 5.41) is 0. The summed E-state index contributed by atoms with van der Waals surface area (Å²) in [7, 11) is 2.83. The van der Waals surface area contributed by atoms with Crippen molar-refractivity contribution in [3.8, 4) is 5.75 Å². The standard InChI is InChI=1S/C11H11NO3/c1-12-10(11(13)15-3)8-4-6-9(14-2)7-5-8/h4-7,10H,2-3H3. The summed E-state index contributed by atoms with van der Waals surface area (Å²) in [6, 6.07) is 5.88. The van der Waals surface area contributed by atoms with E-state index >= 15 is 0 Å². The molecule has 0 heterocycles. The fraction of sp³-hybridized carbons (Fsp3) is 0.273. The van der Waals surface area contributed by atoms with Gasteiger partial charge in [0, 0.05) is 5.56 Å². The zero-order chi connectivity index (χ0) is 11.3. The highest BCUT2D eigenvalue weighted by atomic mass is 16.5. The van der Waals surface area contributed by atoms with Gasteiger partial charge in [-0.25, -0.2) is 11.4 Å². The molecule has 0 aliphatic rings. The topological polar surface area (TPSA) is 39.9 Å². The van der Waals surface area contributed by atoms with E-state index in [4.69, 9.17) is 11.3 Å². The van der Waals surface area contributed by atoms with E-state index in [0.29, 0.717) is 11.3 Å². The minimum Gasteiger partial charge on any atom is -0.497 e. The number of methoxy groups -OCH3 is 2. The Labute approximate surface area is 88.2 Å². The van der Waals surface area contributed by atoms with Gasteiger partial charge in [-0.3, -0.25) is 4.85 Å². The number of rotatable bonds is 3. The summed E-state index contributed by atoms with van der Waals surface area (Å²) in [4.78, 5) is 14.4. The summed E-state index contributed by atoms with van der Waals surface area (Å²) in [5.41, 5.74) is 0.609. The molecule has 4 nitrogen and oxygen atoms in total. The SMILES string of the molecule is [C-]#[N+]C(C(=O)OC)c1ccc(OC)cc1. The van der Waals surface area contributed by atoms with Gasteiger partial charge in [0.1, 0.15) is 5.75 Å². The van der Waals surface area contributed by atoms with Gasteiger partial charge >= 0.3 is 12.0 Å². The maximum absolute atomic E-state index is 11.2. The smallest absolute Gasteiger partial charge is 0.395 e. The van der Waals surface area contributed by atoms with E-state index in [2.05, 4.69) is 9.58 Å². The van der Waals surface area contributed by atoms with Gasteiger partial charge < -0.3 is 9.47 Å². The lowest BCUT2D eigenvalue weighted by molar-refractivity contribution is -0.141. The molecular formula is C11H11NO3. The second kappa shape index (κ2) is 5.01. The van der Waals surface area contributed by atoms with Crippen LogP contribution >= 0.6 is 0 Å². The van der Waals surface area contributed by atoms with Crippen molar-refractivity contribution in [3.63, 3.8) is 0 Å². The van der Waals surface area contributed by atoms with Gasteiger partial charge in [0.2, 0.25) is 0 Å². The molecule has 0 bridgehead atoms. The molecule has 0 aliphatic carbocycles. The molecular weight excluding hydrogens is 194 g/mol. The van der Waals surface area contributed by atoms with Gasteiger partial charge in [0.05, 0.1) is 14.2 Å². The number of carbonyl (C=O) groups excluding carboxylic acids is 1. The van der Waals surface area contributed by atoms with Crippen LogP contribution in [0, 0.1) is 6.57 Å². The first-order chi connectivity index (χ1) is 7.22. The van der Waals surface area contributed by atoms with Crippen LogP contribution in [0.25, 0.3) is 4.85 Å². The molecule has 0 radical (unpaired) electrons. The molecule has 0 spiro atoms. The Bertz CT molecular complexity index is 378. The lowest BCUT2D eigenvalue weighted by Gasteiger charge is -2.04. The van der Waals surface area contributed by atoms with Crippen molar-refractivity contribution in [2.75, 3.05) is 14.2 Å². The Balaban J connectivity index is 2.94. The van der Waals surface area contributed by atoms with Gasteiger partial charge in [-0.05, 0) is 24.3 Å². The molecule has 0 fully saturated rings. The number of carbonyl (C=O) groups is 1. The van der Waals surface area contributed by atoms with Crippen LogP contribution in [0.1, 0.15) is 11.6 Å². The molecule has 1 atom stereocenters. The fourth-order valence-electron chi connectivity index (χ4n) is 1.16. The van der Waals surface area contributed by atoms with Crippen LogP contribution in [-0.4, -0.2) is 20.2 Å². The first-order valence-electron chi connectivity index (χ1n) is 4.31. The number of hydrogen-bond acceptors (Lipinski definition) is 3. The van der Waals surface area contributed by atoms with Crippen molar-refractivity contribution >= 4 is 5.97 Å². The molecule has 4 heteroatoms. The van der Waals surface area contributed by atoms with Crippen LogP contribution in [0.3, 0.4) is 0 Å². The van der Waals surface area contributed by atoms with Crippen LogP contribution in [0.2, 0.25) is 0 Å². The van der Waals surface area contributed by atoms with E-state index in [9.17, 15) is 4.79 Å². The van der Waals surface area contributed by atoms with Crippen LogP contribution in [-0.2, 0) is 9.53 Å². The second-order valence-corrected chi connectivity index (χ2v) is 2.83. The van der Waals surface area contributed by atoms with E-state index in [0.717, 1.165) is 0 Å². The van der Waals surface area contributed by atoms with Gasteiger partial charge in [0.25, 0.3) is 0 Å². The molecule has 1 rings (SSSR count). The van der Waals surface area contributed by atoms with Gasteiger partial charge in [0.15, 0.2) is 0 Å². The number of ether oxygens (including phenoxy) is 2. The van der Waals surface area contributed by atoms with Crippen molar-refractivity contribution in [2.24, 2.45) is 0 Å². The maximum Gasteiger partial charge on any atom is 0.395 e. The largest absolute Gasteiger partial charge is 0.497 e. The quantitative estimate of drug-likeness (QED) is 0.558. The summed E-state index contributed by atoms with van der Waals surface area (Å²) < 4.78 is 9.51. The molecule has 0 aliphatic heterocycles. The van der Waals surface area contributed by atoms with Crippen molar-refractivity contribution in [1.29, 1.82) is 0 Å². The first kappa shape index (κ1) is 11.1. The fourth-order valence-corrected chi connectivity index (χ4v) is 1.16. The minimum atomic E-state index is -0.888. The first-order valence-corrected chi connectivity index (χ1v) is 4.31. The van der Waals surface area contributed by atoms with E-state index in [1.165, 1.54) is 7.11 Å². The Morgan fingerprint density at radius 3 is 2.33 bits per heavy atom.